The first-order chi connectivity index (χ1) is 6.29. The predicted octanol–water partition coefficient (Wildman–Crippen LogP) is 2.68. The lowest BCUT2D eigenvalue weighted by Crippen LogP contribution is -2.21. The van der Waals surface area contributed by atoms with Crippen LogP contribution >= 0.6 is 15.9 Å². The van der Waals surface area contributed by atoms with Gasteiger partial charge < -0.3 is 0 Å². The molecule has 0 heterocycles. The van der Waals surface area contributed by atoms with Gasteiger partial charge in [0.2, 0.25) is 0 Å². The van der Waals surface area contributed by atoms with Crippen molar-refractivity contribution in [2.24, 2.45) is 0 Å². The second kappa shape index (κ2) is 3.26. The fourth-order valence-corrected chi connectivity index (χ4v) is 2.28. The SMILES string of the molecule is O=C(CBr)C1(c2ccccc2)CC1. The molecule has 0 bridgehead atoms. The summed E-state index contributed by atoms with van der Waals surface area (Å²) in [5.41, 5.74) is 1.05. The zero-order valence-electron chi connectivity index (χ0n) is 7.29. The van der Waals surface area contributed by atoms with Crippen molar-refractivity contribution in [3.8, 4) is 0 Å². The largest absolute Gasteiger partial charge is 0.298 e. The van der Waals surface area contributed by atoms with Gasteiger partial charge in [0.25, 0.3) is 0 Å². The van der Waals surface area contributed by atoms with Gasteiger partial charge in [0.1, 0.15) is 0 Å². The number of hydrogen-bond acceptors (Lipinski definition) is 1. The van der Waals surface area contributed by atoms with Gasteiger partial charge >= 0.3 is 0 Å². The van der Waals surface area contributed by atoms with Crippen LogP contribution in [0.25, 0.3) is 0 Å². The van der Waals surface area contributed by atoms with E-state index in [-0.39, 0.29) is 5.41 Å². The van der Waals surface area contributed by atoms with Crippen molar-refractivity contribution in [2.75, 3.05) is 5.33 Å². The molecule has 0 atom stereocenters. The average molecular weight is 239 g/mol. The molecule has 1 aliphatic carbocycles. The molecule has 2 rings (SSSR count). The molecule has 2 heteroatoms. The van der Waals surface area contributed by atoms with E-state index >= 15 is 0 Å². The summed E-state index contributed by atoms with van der Waals surface area (Å²) in [4.78, 5) is 11.6. The number of carbonyl (C=O) groups is 1. The molecule has 0 N–H and O–H groups in total. The van der Waals surface area contributed by atoms with Gasteiger partial charge in [0, 0.05) is 0 Å². The molecule has 0 aliphatic heterocycles. The van der Waals surface area contributed by atoms with E-state index in [1.165, 1.54) is 5.56 Å². The van der Waals surface area contributed by atoms with Crippen molar-refractivity contribution >= 4 is 21.7 Å². The Morgan fingerprint density at radius 1 is 1.31 bits per heavy atom. The van der Waals surface area contributed by atoms with Gasteiger partial charge in [-0.3, -0.25) is 4.79 Å². The summed E-state index contributed by atoms with van der Waals surface area (Å²) in [5.74, 6) is 0.318. The van der Waals surface area contributed by atoms with E-state index in [0.29, 0.717) is 11.1 Å². The van der Waals surface area contributed by atoms with Crippen LogP contribution in [0.3, 0.4) is 0 Å². The number of carbonyl (C=O) groups excluding carboxylic acids is 1. The second-order valence-corrected chi connectivity index (χ2v) is 4.07. The Labute approximate surface area is 86.3 Å². The summed E-state index contributed by atoms with van der Waals surface area (Å²) < 4.78 is 0. The van der Waals surface area contributed by atoms with Gasteiger partial charge in [0.15, 0.2) is 5.78 Å². The molecule has 13 heavy (non-hydrogen) atoms. The van der Waals surface area contributed by atoms with E-state index in [0.717, 1.165) is 12.8 Å². The highest BCUT2D eigenvalue weighted by molar-refractivity contribution is 9.09. The Morgan fingerprint density at radius 2 is 1.92 bits per heavy atom. The Bertz CT molecular complexity index is 314. The third-order valence-electron chi connectivity index (χ3n) is 2.73. The van der Waals surface area contributed by atoms with Gasteiger partial charge in [-0.2, -0.15) is 0 Å². The minimum absolute atomic E-state index is 0.134. The number of alkyl halides is 1. The summed E-state index contributed by atoms with van der Waals surface area (Å²) in [5, 5.41) is 0.474. The summed E-state index contributed by atoms with van der Waals surface area (Å²) >= 11 is 3.24. The van der Waals surface area contributed by atoms with Crippen LogP contribution in [0.15, 0.2) is 30.3 Å². The number of rotatable bonds is 3. The van der Waals surface area contributed by atoms with Crippen molar-refractivity contribution in [3.05, 3.63) is 35.9 Å². The highest BCUT2D eigenvalue weighted by Crippen LogP contribution is 2.49. The van der Waals surface area contributed by atoms with Gasteiger partial charge in [-0.05, 0) is 18.4 Å². The lowest BCUT2D eigenvalue weighted by atomic mass is 9.92. The van der Waals surface area contributed by atoms with Crippen molar-refractivity contribution in [3.63, 3.8) is 0 Å². The lowest BCUT2D eigenvalue weighted by molar-refractivity contribution is -0.118. The van der Waals surface area contributed by atoms with E-state index < -0.39 is 0 Å². The monoisotopic (exact) mass is 238 g/mol. The summed E-state index contributed by atoms with van der Waals surface area (Å²) in [7, 11) is 0. The standard InChI is InChI=1S/C11H11BrO/c12-8-10(13)11(6-7-11)9-4-2-1-3-5-9/h1-5H,6-8H2. The maximum Gasteiger partial charge on any atom is 0.153 e. The first-order valence-electron chi connectivity index (χ1n) is 4.44. The molecule has 1 nitrogen and oxygen atoms in total. The number of ketones is 1. The van der Waals surface area contributed by atoms with Crippen molar-refractivity contribution < 1.29 is 4.79 Å². The Morgan fingerprint density at radius 3 is 2.38 bits per heavy atom. The smallest absolute Gasteiger partial charge is 0.153 e. The van der Waals surface area contributed by atoms with Gasteiger partial charge in [0.05, 0.1) is 10.7 Å². The number of halogens is 1. The average Bonchev–Trinajstić information content (AvgIpc) is 2.99. The van der Waals surface area contributed by atoms with Gasteiger partial charge in [-0.15, -0.1) is 0 Å². The molecular weight excluding hydrogens is 228 g/mol. The molecule has 0 radical (unpaired) electrons. The van der Waals surface area contributed by atoms with Crippen LogP contribution in [0.2, 0.25) is 0 Å². The third kappa shape index (κ3) is 1.44. The molecule has 68 valence electrons. The maximum absolute atomic E-state index is 11.6. The van der Waals surface area contributed by atoms with E-state index in [4.69, 9.17) is 0 Å². The molecule has 0 saturated heterocycles. The lowest BCUT2D eigenvalue weighted by Gasteiger charge is -2.11. The fourth-order valence-electron chi connectivity index (χ4n) is 1.74. The minimum atomic E-state index is -0.134. The fraction of sp³-hybridized carbons (Fsp3) is 0.364. The zero-order chi connectivity index (χ0) is 9.31. The van der Waals surface area contributed by atoms with E-state index in [1.54, 1.807) is 0 Å². The van der Waals surface area contributed by atoms with Crippen LogP contribution < -0.4 is 0 Å². The highest BCUT2D eigenvalue weighted by atomic mass is 79.9. The van der Waals surface area contributed by atoms with Crippen LogP contribution in [0.1, 0.15) is 18.4 Å². The van der Waals surface area contributed by atoms with Crippen LogP contribution in [0.5, 0.6) is 0 Å². The van der Waals surface area contributed by atoms with Crippen LogP contribution in [-0.2, 0) is 10.2 Å². The molecule has 0 unspecified atom stereocenters. The summed E-state index contributed by atoms with van der Waals surface area (Å²) in [6.07, 6.45) is 2.03. The molecule has 1 fully saturated rings. The topological polar surface area (TPSA) is 17.1 Å². The van der Waals surface area contributed by atoms with Crippen molar-refractivity contribution in [1.82, 2.24) is 0 Å². The molecule has 0 spiro atoms. The Hall–Kier alpha value is -0.630. The molecular formula is C11H11BrO. The van der Waals surface area contributed by atoms with Crippen LogP contribution in [0.4, 0.5) is 0 Å². The van der Waals surface area contributed by atoms with Crippen LogP contribution in [-0.4, -0.2) is 11.1 Å². The summed E-state index contributed by atoms with van der Waals surface area (Å²) in [6, 6.07) is 10.1. The molecule has 0 amide bonds. The molecule has 1 aromatic rings. The minimum Gasteiger partial charge on any atom is -0.298 e. The first kappa shape index (κ1) is 8.95. The normalized spacial score (nSPS) is 18.2. The highest BCUT2D eigenvalue weighted by Gasteiger charge is 2.49. The Kier molecular flexibility index (Phi) is 2.24. The van der Waals surface area contributed by atoms with Gasteiger partial charge in [-0.1, -0.05) is 46.3 Å². The first-order valence-corrected chi connectivity index (χ1v) is 5.56. The molecule has 1 aromatic carbocycles. The maximum atomic E-state index is 11.6. The summed E-state index contributed by atoms with van der Waals surface area (Å²) in [6.45, 7) is 0. The number of hydrogen-bond donors (Lipinski definition) is 0. The van der Waals surface area contributed by atoms with Crippen LogP contribution in [0, 0.1) is 0 Å². The molecule has 1 aliphatic rings. The quantitative estimate of drug-likeness (QED) is 0.741. The Balaban J connectivity index is 2.31. The number of Topliss-reactive ketones (excluding diaryl/α,β-unsaturated/α-hetero) is 1. The van der Waals surface area contributed by atoms with Gasteiger partial charge in [-0.25, -0.2) is 0 Å². The zero-order valence-corrected chi connectivity index (χ0v) is 8.88. The van der Waals surface area contributed by atoms with Crippen molar-refractivity contribution in [2.45, 2.75) is 18.3 Å². The second-order valence-electron chi connectivity index (χ2n) is 3.50. The molecule has 0 aromatic heterocycles. The van der Waals surface area contributed by atoms with E-state index in [1.807, 2.05) is 30.3 Å². The third-order valence-corrected chi connectivity index (χ3v) is 3.24. The van der Waals surface area contributed by atoms with E-state index in [9.17, 15) is 4.79 Å². The molecule has 1 saturated carbocycles. The predicted molar refractivity (Wildman–Crippen MR) is 56.2 cm³/mol. The van der Waals surface area contributed by atoms with E-state index in [2.05, 4.69) is 15.9 Å². The van der Waals surface area contributed by atoms with Crippen molar-refractivity contribution in [1.29, 1.82) is 0 Å². The number of benzene rings is 1.